The Morgan fingerprint density at radius 3 is 2.73 bits per heavy atom. The number of nitrogens with zero attached hydrogens (tertiary/aromatic N) is 5. The summed E-state index contributed by atoms with van der Waals surface area (Å²) >= 11 is 6.28. The number of likely N-dealkylation sites (tertiary alicyclic amines) is 1. The van der Waals surface area contributed by atoms with Gasteiger partial charge in [-0.1, -0.05) is 18.5 Å². The fourth-order valence-corrected chi connectivity index (χ4v) is 3.98. The van der Waals surface area contributed by atoms with Crippen LogP contribution in [-0.4, -0.2) is 64.9 Å². The number of hydrogen-bond acceptors (Lipinski definition) is 6. The van der Waals surface area contributed by atoms with E-state index < -0.39 is 5.60 Å². The summed E-state index contributed by atoms with van der Waals surface area (Å²) < 4.78 is 5.49. The molecule has 3 heterocycles. The van der Waals surface area contributed by atoms with Crippen molar-refractivity contribution in [3.63, 3.8) is 0 Å². The van der Waals surface area contributed by atoms with Gasteiger partial charge in [-0.15, -0.1) is 0 Å². The molecule has 0 saturated carbocycles. The summed E-state index contributed by atoms with van der Waals surface area (Å²) in [6, 6.07) is 5.86. The minimum absolute atomic E-state index is 0.0704. The predicted molar refractivity (Wildman–Crippen MR) is 120 cm³/mol. The molecule has 1 aromatic rings. The van der Waals surface area contributed by atoms with E-state index in [4.69, 9.17) is 21.3 Å². The highest BCUT2D eigenvalue weighted by Crippen LogP contribution is 2.41. The Morgan fingerprint density at radius 1 is 1.33 bits per heavy atom. The largest absolute Gasteiger partial charge is 0.444 e. The van der Waals surface area contributed by atoms with Crippen LogP contribution in [-0.2, 0) is 4.74 Å². The first-order valence-corrected chi connectivity index (χ1v) is 10.7. The summed E-state index contributed by atoms with van der Waals surface area (Å²) in [5, 5.41) is 7.25. The normalized spacial score (nSPS) is 18.5. The van der Waals surface area contributed by atoms with Crippen molar-refractivity contribution in [3.05, 3.63) is 34.4 Å². The van der Waals surface area contributed by atoms with E-state index in [2.05, 4.69) is 16.9 Å². The van der Waals surface area contributed by atoms with Crippen molar-refractivity contribution >= 4 is 41.3 Å². The van der Waals surface area contributed by atoms with Crippen molar-refractivity contribution in [1.82, 2.24) is 14.8 Å². The third-order valence-electron chi connectivity index (χ3n) is 5.51. The second kappa shape index (κ2) is 7.61. The Hall–Kier alpha value is -2.54. The van der Waals surface area contributed by atoms with Crippen molar-refractivity contribution in [2.24, 2.45) is 10.1 Å². The second-order valence-corrected chi connectivity index (χ2v) is 9.28. The third kappa shape index (κ3) is 3.78. The fraction of sp³-hybridized carbons (Fsp3) is 0.500. The van der Waals surface area contributed by atoms with Gasteiger partial charge >= 0.3 is 6.09 Å². The van der Waals surface area contributed by atoms with Gasteiger partial charge in [0, 0.05) is 43.4 Å². The van der Waals surface area contributed by atoms with Crippen LogP contribution in [0.5, 0.6) is 0 Å². The van der Waals surface area contributed by atoms with Crippen LogP contribution in [0.1, 0.15) is 46.1 Å². The van der Waals surface area contributed by atoms with Crippen LogP contribution < -0.4 is 0 Å². The van der Waals surface area contributed by atoms with Crippen LogP contribution in [0, 0.1) is 0 Å². The summed E-state index contributed by atoms with van der Waals surface area (Å²) in [5.41, 5.74) is 3.79. The molecule has 4 rings (SSSR count). The Labute approximate surface area is 182 Å². The number of aliphatic imine (C=N–C) groups is 1. The number of ether oxygens (including phenoxy) is 1. The van der Waals surface area contributed by atoms with E-state index in [1.54, 1.807) is 11.9 Å². The molecule has 0 N–H and O–H groups in total. The molecule has 3 aliphatic rings. The molecule has 1 amide bonds. The minimum atomic E-state index is -0.508. The first-order chi connectivity index (χ1) is 14.2. The van der Waals surface area contributed by atoms with Gasteiger partial charge in [-0.05, 0) is 51.0 Å². The van der Waals surface area contributed by atoms with E-state index in [9.17, 15) is 4.79 Å². The highest BCUT2D eigenvalue weighted by molar-refractivity contribution is 6.31. The van der Waals surface area contributed by atoms with Gasteiger partial charge < -0.3 is 14.5 Å². The van der Waals surface area contributed by atoms with E-state index >= 15 is 0 Å². The molecular formula is C22H28ClN5O2. The monoisotopic (exact) mass is 429 g/mol. The Balaban J connectivity index is 1.58. The maximum Gasteiger partial charge on any atom is 0.410 e. The van der Waals surface area contributed by atoms with Gasteiger partial charge in [-0.2, -0.15) is 5.10 Å². The molecule has 3 aliphatic heterocycles. The molecule has 0 spiro atoms. The zero-order chi connectivity index (χ0) is 21.6. The number of benzene rings is 1. The lowest BCUT2D eigenvalue weighted by Gasteiger charge is -2.48. The number of hydrogen-bond donors (Lipinski definition) is 0. The van der Waals surface area contributed by atoms with Gasteiger partial charge in [0.2, 0.25) is 5.96 Å². The molecule has 30 heavy (non-hydrogen) atoms. The van der Waals surface area contributed by atoms with Crippen molar-refractivity contribution < 1.29 is 9.53 Å². The lowest BCUT2D eigenvalue weighted by Crippen LogP contribution is -2.64. The lowest BCUT2D eigenvalue weighted by atomic mass is 9.98. The molecule has 1 saturated heterocycles. The fourth-order valence-electron chi connectivity index (χ4n) is 3.81. The van der Waals surface area contributed by atoms with E-state index in [-0.39, 0.29) is 12.1 Å². The molecule has 0 aromatic heterocycles. The number of fused-ring (bicyclic) bond motifs is 3. The number of halogens is 1. The van der Waals surface area contributed by atoms with Crippen molar-refractivity contribution in [2.75, 3.05) is 20.1 Å². The average Bonchev–Trinajstić information content (AvgIpc) is 2.65. The summed E-state index contributed by atoms with van der Waals surface area (Å²) in [7, 11) is 1.79. The van der Waals surface area contributed by atoms with Crippen molar-refractivity contribution in [3.8, 4) is 0 Å². The number of hydrazone groups is 1. The number of likely N-dealkylation sites (N-methyl/N-ethyl adjacent to an activating group) is 1. The highest BCUT2D eigenvalue weighted by atomic mass is 35.5. The zero-order valence-corrected chi connectivity index (χ0v) is 18.9. The summed E-state index contributed by atoms with van der Waals surface area (Å²) in [6.45, 7) is 9.14. The van der Waals surface area contributed by atoms with Crippen molar-refractivity contribution in [2.45, 2.75) is 52.2 Å². The second-order valence-electron chi connectivity index (χ2n) is 8.84. The number of amides is 1. The molecule has 160 valence electrons. The van der Waals surface area contributed by atoms with E-state index in [0.29, 0.717) is 18.1 Å². The van der Waals surface area contributed by atoms with E-state index in [1.165, 1.54) is 5.57 Å². The van der Waals surface area contributed by atoms with Crippen molar-refractivity contribution in [1.29, 1.82) is 0 Å². The van der Waals surface area contributed by atoms with E-state index in [0.717, 1.165) is 35.7 Å². The maximum absolute atomic E-state index is 12.4. The minimum Gasteiger partial charge on any atom is -0.444 e. The Bertz CT molecular complexity index is 957. The first kappa shape index (κ1) is 20.7. The summed E-state index contributed by atoms with van der Waals surface area (Å²) in [4.78, 5) is 21.1. The summed E-state index contributed by atoms with van der Waals surface area (Å²) in [6.07, 6.45) is 3.38. The van der Waals surface area contributed by atoms with Crippen LogP contribution in [0.2, 0.25) is 5.02 Å². The SMILES string of the molecule is CCC1=C2c3cc(Cl)ccc3N=C(N3CC(N(C)C(=O)OC(C)(C)C)C3)N2N=CC1. The number of carbonyl (C=O) groups excluding carboxylic acids is 1. The predicted octanol–water partition coefficient (Wildman–Crippen LogP) is 4.70. The molecule has 0 radical (unpaired) electrons. The Morgan fingerprint density at radius 2 is 2.07 bits per heavy atom. The smallest absolute Gasteiger partial charge is 0.410 e. The quantitative estimate of drug-likeness (QED) is 0.683. The maximum atomic E-state index is 12.4. The van der Waals surface area contributed by atoms with Crippen LogP contribution in [0.25, 0.3) is 5.70 Å². The zero-order valence-electron chi connectivity index (χ0n) is 18.1. The molecule has 0 aliphatic carbocycles. The van der Waals surface area contributed by atoms with Crippen LogP contribution >= 0.6 is 11.6 Å². The van der Waals surface area contributed by atoms with Crippen LogP contribution in [0.3, 0.4) is 0 Å². The number of rotatable bonds is 2. The number of carbonyl (C=O) groups is 1. The first-order valence-electron chi connectivity index (χ1n) is 10.3. The number of guanidine groups is 1. The number of allylic oxidation sites excluding steroid dienone is 1. The molecule has 1 fully saturated rings. The van der Waals surface area contributed by atoms with Gasteiger partial charge in [0.15, 0.2) is 0 Å². The lowest BCUT2D eigenvalue weighted by molar-refractivity contribution is 0.00644. The highest BCUT2D eigenvalue weighted by Gasteiger charge is 2.40. The summed E-state index contributed by atoms with van der Waals surface area (Å²) in [5.74, 6) is 0.788. The molecule has 8 heteroatoms. The average molecular weight is 430 g/mol. The molecule has 0 bridgehead atoms. The van der Waals surface area contributed by atoms with Crippen LogP contribution in [0.15, 0.2) is 33.9 Å². The Kier molecular flexibility index (Phi) is 5.26. The molecule has 0 unspecified atom stereocenters. The van der Waals surface area contributed by atoms with Gasteiger partial charge in [-0.3, -0.25) is 0 Å². The van der Waals surface area contributed by atoms with Gasteiger partial charge in [0.25, 0.3) is 0 Å². The van der Waals surface area contributed by atoms with E-state index in [1.807, 2.05) is 50.2 Å². The standard InChI is InChI=1S/C22H28ClN5O2/c1-6-14-9-10-24-28-19(14)17-11-15(23)7-8-18(17)25-20(28)27-12-16(13-27)26(5)21(29)30-22(2,3)4/h7-8,10-11,16H,6,9,12-13H2,1-5H3. The van der Waals surface area contributed by atoms with Gasteiger partial charge in [-0.25, -0.2) is 14.8 Å². The van der Waals surface area contributed by atoms with Gasteiger partial charge in [0.05, 0.1) is 17.4 Å². The molecule has 7 nitrogen and oxygen atoms in total. The topological polar surface area (TPSA) is 60.7 Å². The third-order valence-corrected chi connectivity index (χ3v) is 5.74. The molecule has 1 aromatic carbocycles. The molecule has 0 atom stereocenters. The van der Waals surface area contributed by atoms with Gasteiger partial charge in [0.1, 0.15) is 5.60 Å². The van der Waals surface area contributed by atoms with Crippen LogP contribution in [0.4, 0.5) is 10.5 Å². The molecular weight excluding hydrogens is 402 g/mol.